The minimum Gasteiger partial charge on any atom is -0.358 e. The molecule has 64 valence electrons. The van der Waals surface area contributed by atoms with Crippen LogP contribution in [0.5, 0.6) is 0 Å². The van der Waals surface area contributed by atoms with E-state index in [2.05, 4.69) is 20.9 Å². The Morgan fingerprint density at radius 1 is 1.75 bits per heavy atom. The van der Waals surface area contributed by atoms with Crippen LogP contribution >= 0.6 is 27.5 Å². The van der Waals surface area contributed by atoms with Crippen LogP contribution in [-0.2, 0) is 0 Å². The van der Waals surface area contributed by atoms with E-state index in [1.165, 1.54) is 6.20 Å². The fourth-order valence-electron chi connectivity index (χ4n) is 0.670. The van der Waals surface area contributed by atoms with Crippen LogP contribution in [0.1, 0.15) is 5.56 Å². The number of nitrogens with zero attached hydrogens (tertiary/aromatic N) is 2. The van der Waals surface area contributed by atoms with Crippen molar-refractivity contribution in [3.63, 3.8) is 0 Å². The van der Waals surface area contributed by atoms with Crippen molar-refractivity contribution in [2.24, 2.45) is 0 Å². The summed E-state index contributed by atoms with van der Waals surface area (Å²) >= 11 is 8.73. The van der Waals surface area contributed by atoms with E-state index in [9.17, 15) is 10.1 Å². The lowest BCUT2D eigenvalue weighted by molar-refractivity contribution is -0.390. The molecule has 0 unspecified atom stereocenters. The minimum absolute atomic E-state index is 0.231. The Kier molecular flexibility index (Phi) is 2.64. The van der Waals surface area contributed by atoms with E-state index in [0.717, 1.165) is 0 Å². The standard InChI is InChI=1S/C6H4BrClN2O2/c1-3-2-9-6(10(11)12)4(7)5(3)8/h2H,1H3. The monoisotopic (exact) mass is 250 g/mol. The zero-order valence-corrected chi connectivity index (χ0v) is 8.39. The molecule has 0 aliphatic rings. The third-order valence-corrected chi connectivity index (χ3v) is 2.76. The van der Waals surface area contributed by atoms with E-state index in [-0.39, 0.29) is 10.3 Å². The first-order valence-electron chi connectivity index (χ1n) is 2.99. The second kappa shape index (κ2) is 3.37. The SMILES string of the molecule is Cc1cnc([N+](=O)[O-])c(Br)c1Cl. The number of rotatable bonds is 1. The first-order valence-corrected chi connectivity index (χ1v) is 4.16. The molecule has 0 aliphatic carbocycles. The maximum Gasteiger partial charge on any atom is 0.379 e. The van der Waals surface area contributed by atoms with Gasteiger partial charge < -0.3 is 10.1 Å². The Morgan fingerprint density at radius 3 is 2.83 bits per heavy atom. The predicted octanol–water partition coefficient (Wildman–Crippen LogP) is 2.71. The highest BCUT2D eigenvalue weighted by molar-refractivity contribution is 9.10. The molecule has 6 heteroatoms. The molecule has 0 spiro atoms. The lowest BCUT2D eigenvalue weighted by atomic mass is 10.3. The topological polar surface area (TPSA) is 56.0 Å². The minimum atomic E-state index is -0.588. The summed E-state index contributed by atoms with van der Waals surface area (Å²) < 4.78 is 0.231. The Bertz CT molecular complexity index is 343. The van der Waals surface area contributed by atoms with Gasteiger partial charge in [-0.15, -0.1) is 0 Å². The number of pyridine rings is 1. The summed E-state index contributed by atoms with van der Waals surface area (Å²) in [6, 6.07) is 0. The third kappa shape index (κ3) is 1.56. The van der Waals surface area contributed by atoms with Crippen LogP contribution < -0.4 is 0 Å². The van der Waals surface area contributed by atoms with E-state index in [0.29, 0.717) is 10.6 Å². The summed E-state index contributed by atoms with van der Waals surface area (Å²) in [4.78, 5) is 13.4. The molecule has 0 saturated heterocycles. The molecule has 0 amide bonds. The zero-order valence-electron chi connectivity index (χ0n) is 6.04. The molecule has 0 aliphatic heterocycles. The highest BCUT2D eigenvalue weighted by Gasteiger charge is 2.17. The number of hydrogen-bond acceptors (Lipinski definition) is 3. The molecule has 0 saturated carbocycles. The maximum atomic E-state index is 10.3. The molecular formula is C6H4BrClN2O2. The van der Waals surface area contributed by atoms with Crippen molar-refractivity contribution in [1.29, 1.82) is 0 Å². The predicted molar refractivity (Wildman–Crippen MR) is 48.3 cm³/mol. The first kappa shape index (κ1) is 9.41. The van der Waals surface area contributed by atoms with E-state index in [1.54, 1.807) is 6.92 Å². The Morgan fingerprint density at radius 2 is 2.33 bits per heavy atom. The van der Waals surface area contributed by atoms with Gasteiger partial charge in [0.25, 0.3) is 0 Å². The van der Waals surface area contributed by atoms with Gasteiger partial charge in [-0.1, -0.05) is 11.6 Å². The van der Waals surface area contributed by atoms with Gasteiger partial charge in [0.05, 0.1) is 5.02 Å². The molecule has 1 aromatic rings. The summed E-state index contributed by atoms with van der Waals surface area (Å²) in [7, 11) is 0. The van der Waals surface area contributed by atoms with Crippen LogP contribution in [0.2, 0.25) is 5.02 Å². The molecule has 0 radical (unpaired) electrons. The van der Waals surface area contributed by atoms with Crippen molar-refractivity contribution in [1.82, 2.24) is 4.98 Å². The van der Waals surface area contributed by atoms with Gasteiger partial charge in [0.2, 0.25) is 0 Å². The molecule has 1 aromatic heterocycles. The van der Waals surface area contributed by atoms with Crippen molar-refractivity contribution in [2.45, 2.75) is 6.92 Å². The van der Waals surface area contributed by atoms with Gasteiger partial charge in [-0.2, -0.15) is 0 Å². The number of hydrogen-bond donors (Lipinski definition) is 0. The van der Waals surface area contributed by atoms with Crippen molar-refractivity contribution >= 4 is 33.3 Å². The van der Waals surface area contributed by atoms with Crippen LogP contribution in [0, 0.1) is 17.0 Å². The number of halogens is 2. The second-order valence-corrected chi connectivity index (χ2v) is 3.32. The molecule has 0 aromatic carbocycles. The van der Waals surface area contributed by atoms with Crippen LogP contribution in [0.3, 0.4) is 0 Å². The van der Waals surface area contributed by atoms with Crippen molar-refractivity contribution in [3.8, 4) is 0 Å². The number of aryl methyl sites for hydroxylation is 1. The van der Waals surface area contributed by atoms with E-state index in [1.807, 2.05) is 0 Å². The third-order valence-electron chi connectivity index (χ3n) is 1.29. The highest BCUT2D eigenvalue weighted by atomic mass is 79.9. The highest BCUT2D eigenvalue weighted by Crippen LogP contribution is 2.31. The normalized spacial score (nSPS) is 9.92. The van der Waals surface area contributed by atoms with Gasteiger partial charge in [-0.05, 0) is 32.8 Å². The Labute approximate surface area is 81.8 Å². The fraction of sp³-hybridized carbons (Fsp3) is 0.167. The van der Waals surface area contributed by atoms with Gasteiger partial charge in [-0.25, -0.2) is 0 Å². The van der Waals surface area contributed by atoms with E-state index in [4.69, 9.17) is 11.6 Å². The summed E-state index contributed by atoms with van der Waals surface area (Å²) in [6.07, 6.45) is 1.37. The first-order chi connectivity index (χ1) is 5.54. The van der Waals surface area contributed by atoms with Crippen LogP contribution in [-0.4, -0.2) is 9.91 Å². The lowest BCUT2D eigenvalue weighted by Gasteiger charge is -1.98. The van der Waals surface area contributed by atoms with Crippen molar-refractivity contribution < 1.29 is 4.92 Å². The number of aromatic nitrogens is 1. The molecule has 12 heavy (non-hydrogen) atoms. The van der Waals surface area contributed by atoms with Gasteiger partial charge >= 0.3 is 5.82 Å². The van der Waals surface area contributed by atoms with Gasteiger partial charge in [0.1, 0.15) is 10.7 Å². The van der Waals surface area contributed by atoms with E-state index >= 15 is 0 Å². The van der Waals surface area contributed by atoms with Gasteiger partial charge in [-0.3, -0.25) is 0 Å². The molecule has 0 bridgehead atoms. The molecular weight excluding hydrogens is 247 g/mol. The largest absolute Gasteiger partial charge is 0.379 e. The number of nitro groups is 1. The summed E-state index contributed by atoms with van der Waals surface area (Å²) in [5, 5.41) is 10.7. The average Bonchev–Trinajstić information content (AvgIpc) is 2.00. The molecule has 0 atom stereocenters. The molecule has 1 rings (SSSR count). The Balaban J connectivity index is 3.36. The van der Waals surface area contributed by atoms with Crippen molar-refractivity contribution in [2.75, 3.05) is 0 Å². The molecule has 4 nitrogen and oxygen atoms in total. The molecule has 1 heterocycles. The quantitative estimate of drug-likeness (QED) is 0.569. The lowest BCUT2D eigenvalue weighted by Crippen LogP contribution is -1.94. The maximum absolute atomic E-state index is 10.3. The van der Waals surface area contributed by atoms with Crippen LogP contribution in [0.4, 0.5) is 5.82 Å². The summed E-state index contributed by atoms with van der Waals surface area (Å²) in [5.74, 6) is -0.259. The second-order valence-electron chi connectivity index (χ2n) is 2.15. The summed E-state index contributed by atoms with van der Waals surface area (Å²) in [5.41, 5.74) is 0.703. The van der Waals surface area contributed by atoms with Gasteiger partial charge in [0.15, 0.2) is 0 Å². The fourth-order valence-corrected chi connectivity index (χ4v) is 1.36. The smallest absolute Gasteiger partial charge is 0.358 e. The molecule has 0 N–H and O–H groups in total. The van der Waals surface area contributed by atoms with Gasteiger partial charge in [0, 0.05) is 5.56 Å². The van der Waals surface area contributed by atoms with Crippen LogP contribution in [0.15, 0.2) is 10.7 Å². The van der Waals surface area contributed by atoms with E-state index < -0.39 is 4.92 Å². The summed E-state index contributed by atoms with van der Waals surface area (Å²) in [6.45, 7) is 1.73. The molecule has 0 fully saturated rings. The van der Waals surface area contributed by atoms with Crippen LogP contribution in [0.25, 0.3) is 0 Å². The average molecular weight is 251 g/mol. The Hall–Kier alpha value is -0.680. The zero-order chi connectivity index (χ0) is 9.30. The van der Waals surface area contributed by atoms with Crippen molar-refractivity contribution in [3.05, 3.63) is 31.4 Å².